The van der Waals surface area contributed by atoms with E-state index in [1.54, 1.807) is 21.3 Å². The molecule has 2 N–H and O–H groups in total. The van der Waals surface area contributed by atoms with Gasteiger partial charge >= 0.3 is 0 Å². The Morgan fingerprint density at radius 3 is 0.870 bits per heavy atom. The van der Waals surface area contributed by atoms with E-state index >= 15 is 0 Å². The zero-order valence-electron chi connectivity index (χ0n) is 63.9. The molecule has 0 spiro atoms. The van der Waals surface area contributed by atoms with Crippen LogP contribution >= 0.6 is 0 Å². The second kappa shape index (κ2) is 39.7. The average molecular weight is 1430 g/mol. The second-order valence-electron chi connectivity index (χ2n) is 27.3. The summed E-state index contributed by atoms with van der Waals surface area (Å²) in [6.45, 7) is 9.90. The summed E-state index contributed by atoms with van der Waals surface area (Å²) in [7, 11) is 7.11. The molecule has 0 saturated heterocycles. The minimum absolute atomic E-state index is 0.131. The lowest BCUT2D eigenvalue weighted by atomic mass is 9.99. The predicted octanol–water partition coefficient (Wildman–Crippen LogP) is 25.4. The third-order valence-electron chi connectivity index (χ3n) is 20.0. The molecule has 0 aliphatic rings. The van der Waals surface area contributed by atoms with Gasteiger partial charge in [0.25, 0.3) is 0 Å². The molecule has 11 rings (SSSR count). The Morgan fingerprint density at radius 1 is 0.315 bits per heavy atom. The van der Waals surface area contributed by atoms with Gasteiger partial charge in [-0.1, -0.05) is 218 Å². The Morgan fingerprint density at radius 2 is 0.583 bits per heavy atom. The SMILES string of the molecule is CCCCC(CC)COc1cc(C=Cc2ccc(N(c3ccc(C=Cc4cc(CO)c(C=Cc5ccc(N(c6ccc(C=Cc7ccccc7)cc6)c6ccc(OC)cc6)cc5)cc4OCC(CC)CCCC)cc3)c3ccc(OC)cc3)cc2)c(CO)cc1C=Cc1ccc(N(C)c2ccc(OC)cc2)cc1. The number of benzene rings is 11. The van der Waals surface area contributed by atoms with Crippen molar-refractivity contribution in [3.63, 3.8) is 0 Å². The first-order valence-electron chi connectivity index (χ1n) is 38.0. The summed E-state index contributed by atoms with van der Waals surface area (Å²) in [5, 5.41) is 22.0. The van der Waals surface area contributed by atoms with E-state index in [4.69, 9.17) is 23.7 Å². The fraction of sp³-hybridized carbons (Fsp3) is 0.224. The van der Waals surface area contributed by atoms with E-state index < -0.39 is 0 Å². The van der Waals surface area contributed by atoms with Crippen LogP contribution < -0.4 is 38.4 Å². The summed E-state index contributed by atoms with van der Waals surface area (Å²) < 4.78 is 30.1. The molecule has 108 heavy (non-hydrogen) atoms. The van der Waals surface area contributed by atoms with Gasteiger partial charge in [-0.2, -0.15) is 0 Å². The van der Waals surface area contributed by atoms with Gasteiger partial charge in [-0.15, -0.1) is 0 Å². The highest BCUT2D eigenvalue weighted by molar-refractivity contribution is 5.84. The number of hydrogen-bond donors (Lipinski definition) is 2. The topological polar surface area (TPSA) is 96.3 Å². The summed E-state index contributed by atoms with van der Waals surface area (Å²) in [4.78, 5) is 6.64. The maximum atomic E-state index is 11.0. The molecule has 10 heteroatoms. The first-order valence-corrected chi connectivity index (χ1v) is 38.0. The highest BCUT2D eigenvalue weighted by Crippen LogP contribution is 2.40. The van der Waals surface area contributed by atoms with Gasteiger partial charge in [0.15, 0.2) is 0 Å². The van der Waals surface area contributed by atoms with Crippen molar-refractivity contribution in [1.29, 1.82) is 0 Å². The van der Waals surface area contributed by atoms with E-state index in [2.05, 4.69) is 316 Å². The molecule has 0 saturated carbocycles. The number of ether oxygens (including phenoxy) is 5. The van der Waals surface area contributed by atoms with Crippen molar-refractivity contribution >= 4 is 106 Å². The van der Waals surface area contributed by atoms with E-state index in [9.17, 15) is 10.2 Å². The van der Waals surface area contributed by atoms with Crippen LogP contribution in [0.4, 0.5) is 45.5 Å². The normalized spacial score (nSPS) is 12.2. The van der Waals surface area contributed by atoms with Gasteiger partial charge in [-0.3, -0.25) is 0 Å². The van der Waals surface area contributed by atoms with Gasteiger partial charge in [0.2, 0.25) is 0 Å². The zero-order chi connectivity index (χ0) is 75.4. The number of hydrogen-bond acceptors (Lipinski definition) is 10. The summed E-state index contributed by atoms with van der Waals surface area (Å²) in [6.07, 6.45) is 29.9. The van der Waals surface area contributed by atoms with Gasteiger partial charge in [-0.25, -0.2) is 0 Å². The van der Waals surface area contributed by atoms with Crippen LogP contribution in [-0.2, 0) is 13.2 Å². The Balaban J connectivity index is 0.827. The van der Waals surface area contributed by atoms with Gasteiger partial charge < -0.3 is 48.6 Å². The molecule has 0 aromatic heterocycles. The molecule has 0 aliphatic carbocycles. The van der Waals surface area contributed by atoms with Crippen molar-refractivity contribution < 1.29 is 33.9 Å². The van der Waals surface area contributed by atoms with Crippen LogP contribution in [0.5, 0.6) is 28.7 Å². The second-order valence-corrected chi connectivity index (χ2v) is 27.3. The lowest BCUT2D eigenvalue weighted by Crippen LogP contribution is -2.12. The molecule has 552 valence electrons. The number of anilines is 8. The molecular weight excluding hydrogens is 1330 g/mol. The van der Waals surface area contributed by atoms with E-state index in [0.29, 0.717) is 25.0 Å². The highest BCUT2D eigenvalue weighted by Gasteiger charge is 2.19. The summed E-state index contributed by atoms with van der Waals surface area (Å²) in [5.41, 5.74) is 19.7. The van der Waals surface area contributed by atoms with Crippen LogP contribution in [0.1, 0.15) is 146 Å². The van der Waals surface area contributed by atoms with Crippen LogP contribution in [0.2, 0.25) is 0 Å². The summed E-state index contributed by atoms with van der Waals surface area (Å²) in [5.74, 6) is 4.80. The monoisotopic (exact) mass is 1430 g/mol. The summed E-state index contributed by atoms with van der Waals surface area (Å²) in [6, 6.07) is 85.7. The molecular formula is C98H103N3O7. The van der Waals surface area contributed by atoms with Crippen molar-refractivity contribution in [2.75, 3.05) is 56.3 Å². The molecule has 10 nitrogen and oxygen atoms in total. The Bertz CT molecular complexity index is 4740. The Labute approximate surface area is 641 Å². The first-order chi connectivity index (χ1) is 53.0. The molecule has 0 radical (unpaired) electrons. The van der Waals surface area contributed by atoms with Crippen molar-refractivity contribution in [3.8, 4) is 28.7 Å². The molecule has 11 aromatic rings. The number of rotatable bonds is 37. The van der Waals surface area contributed by atoms with Gasteiger partial charge in [0.1, 0.15) is 28.7 Å². The highest BCUT2D eigenvalue weighted by atomic mass is 16.5. The fourth-order valence-electron chi connectivity index (χ4n) is 13.2. The van der Waals surface area contributed by atoms with Crippen LogP contribution in [0, 0.1) is 11.8 Å². The smallest absolute Gasteiger partial charge is 0.127 e. The third-order valence-corrected chi connectivity index (χ3v) is 20.0. The van der Waals surface area contributed by atoms with Crippen molar-refractivity contribution in [2.24, 2.45) is 11.8 Å². The summed E-state index contributed by atoms with van der Waals surface area (Å²) >= 11 is 0. The third kappa shape index (κ3) is 21.2. The average Bonchev–Trinajstić information content (AvgIpc) is 0.814. The van der Waals surface area contributed by atoms with Crippen LogP contribution in [0.25, 0.3) is 60.8 Å². The molecule has 0 amide bonds. The molecule has 0 fully saturated rings. The number of aliphatic hydroxyl groups excluding tert-OH is 2. The van der Waals surface area contributed by atoms with E-state index in [0.717, 1.165) is 192 Å². The minimum atomic E-state index is -0.144. The van der Waals surface area contributed by atoms with Crippen LogP contribution in [-0.4, -0.2) is 51.8 Å². The lowest BCUT2D eigenvalue weighted by molar-refractivity contribution is 0.232. The van der Waals surface area contributed by atoms with Crippen molar-refractivity contribution in [3.05, 3.63) is 315 Å². The van der Waals surface area contributed by atoms with Gasteiger partial charge in [0, 0.05) is 63.7 Å². The van der Waals surface area contributed by atoms with Crippen molar-refractivity contribution in [2.45, 2.75) is 92.3 Å². The van der Waals surface area contributed by atoms with Crippen LogP contribution in [0.3, 0.4) is 0 Å². The predicted molar refractivity (Wildman–Crippen MR) is 456 cm³/mol. The Hall–Kier alpha value is -11.6. The van der Waals surface area contributed by atoms with E-state index in [1.807, 2.05) is 42.5 Å². The number of nitrogens with zero attached hydrogens (tertiary/aromatic N) is 3. The zero-order valence-corrected chi connectivity index (χ0v) is 63.9. The molecule has 0 heterocycles. The van der Waals surface area contributed by atoms with Crippen molar-refractivity contribution in [1.82, 2.24) is 0 Å². The quantitative estimate of drug-likeness (QED) is 0.0367. The molecule has 2 atom stereocenters. The van der Waals surface area contributed by atoms with E-state index in [1.165, 1.54) is 0 Å². The lowest BCUT2D eigenvalue weighted by Gasteiger charge is -2.26. The minimum Gasteiger partial charge on any atom is -0.497 e. The maximum Gasteiger partial charge on any atom is 0.127 e. The number of unbranched alkanes of at least 4 members (excludes halogenated alkanes) is 2. The standard InChI is InChI=1S/C98H103N3O7/c1-9-13-18-72(11-3)70-107-97-66-80(84(68-102)64-82(97)40-26-78-28-42-86(43-29-78)99(5)87-52-58-94(104-6)59-53-87)38-24-77-34-48-90(49-35-77)101(93-56-62-96(106-8)63-57-93)91-50-36-79(37-51-91)27-41-83-65-85(69-103)81(67-98(83)108-71-73(12-4)19-14-10-2)39-25-76-32-46-89(47-33-76)100(92-54-60-95(105-7)61-55-92)88-44-30-75(31-45-88)23-22-74-20-16-15-17-21-74/h15-17,20-67,72-73,102-103H,9-14,18-19,68-71H2,1-8H3. The molecule has 2 unspecified atom stereocenters. The number of methoxy groups -OCH3 is 3. The van der Waals surface area contributed by atoms with Gasteiger partial charge in [-0.05, 0) is 238 Å². The van der Waals surface area contributed by atoms with Crippen LogP contribution in [0.15, 0.2) is 249 Å². The molecule has 11 aromatic carbocycles. The first kappa shape index (κ1) is 77.5. The number of aliphatic hydroxyl groups is 2. The Kier molecular flexibility index (Phi) is 28.5. The van der Waals surface area contributed by atoms with E-state index in [-0.39, 0.29) is 13.2 Å². The van der Waals surface area contributed by atoms with Gasteiger partial charge in [0.05, 0.1) is 47.8 Å². The fourth-order valence-corrected chi connectivity index (χ4v) is 13.2. The largest absolute Gasteiger partial charge is 0.497 e. The maximum absolute atomic E-state index is 11.0. The molecule has 0 bridgehead atoms. The molecule has 0 aliphatic heterocycles.